The van der Waals surface area contributed by atoms with E-state index in [0.29, 0.717) is 30.3 Å². The van der Waals surface area contributed by atoms with Crippen molar-refractivity contribution in [2.45, 2.75) is 13.5 Å². The van der Waals surface area contributed by atoms with Crippen LogP contribution in [0.1, 0.15) is 22.3 Å². The van der Waals surface area contributed by atoms with Gasteiger partial charge in [0, 0.05) is 11.6 Å². The monoisotopic (exact) mass is 263 g/mol. The van der Waals surface area contributed by atoms with Crippen LogP contribution < -0.4 is 9.47 Å². The summed E-state index contributed by atoms with van der Waals surface area (Å²) in [4.78, 5) is 15.1. The highest BCUT2D eigenvalue weighted by Crippen LogP contribution is 2.31. The number of carbonyl (C=O) groups is 1. The zero-order valence-electron chi connectivity index (χ0n) is 9.96. The maximum Gasteiger partial charge on any atom is 0.172 e. The Labute approximate surface area is 109 Å². The van der Waals surface area contributed by atoms with E-state index in [1.165, 1.54) is 11.3 Å². The van der Waals surface area contributed by atoms with Gasteiger partial charge in [0.2, 0.25) is 0 Å². The Bertz CT molecular complexity index is 511. The van der Waals surface area contributed by atoms with Gasteiger partial charge < -0.3 is 9.47 Å². The van der Waals surface area contributed by atoms with E-state index < -0.39 is 0 Å². The average Bonchev–Trinajstić information content (AvgIpc) is 2.90. The molecule has 1 heterocycles. The minimum atomic E-state index is 0.336. The van der Waals surface area contributed by atoms with Crippen LogP contribution in [-0.2, 0) is 6.61 Å². The van der Waals surface area contributed by atoms with Crippen LogP contribution >= 0.6 is 11.3 Å². The molecule has 0 saturated carbocycles. The highest BCUT2D eigenvalue weighted by atomic mass is 32.1. The van der Waals surface area contributed by atoms with Crippen LogP contribution in [0.5, 0.6) is 11.5 Å². The third kappa shape index (κ3) is 2.87. The lowest BCUT2D eigenvalue weighted by atomic mass is 10.2. The molecule has 0 radical (unpaired) electrons. The Balaban J connectivity index is 2.20. The van der Waals surface area contributed by atoms with Crippen molar-refractivity contribution >= 4 is 17.6 Å². The molecular formula is C13H13NO3S. The number of aromatic nitrogens is 1. The number of thiazole rings is 1. The SMILES string of the molecule is CCOc1cccc(C=O)c1OCc1nccs1. The average molecular weight is 263 g/mol. The quantitative estimate of drug-likeness (QED) is 0.752. The Morgan fingerprint density at radius 1 is 1.39 bits per heavy atom. The van der Waals surface area contributed by atoms with Gasteiger partial charge in [-0.05, 0) is 19.1 Å². The molecule has 0 aliphatic heterocycles. The molecule has 18 heavy (non-hydrogen) atoms. The molecular weight excluding hydrogens is 250 g/mol. The molecule has 0 unspecified atom stereocenters. The van der Waals surface area contributed by atoms with Gasteiger partial charge in [-0.2, -0.15) is 0 Å². The first-order valence-electron chi connectivity index (χ1n) is 5.57. The van der Waals surface area contributed by atoms with Crippen molar-refractivity contribution in [1.29, 1.82) is 0 Å². The van der Waals surface area contributed by atoms with E-state index in [-0.39, 0.29) is 0 Å². The van der Waals surface area contributed by atoms with Crippen molar-refractivity contribution in [2.24, 2.45) is 0 Å². The predicted molar refractivity (Wildman–Crippen MR) is 69.4 cm³/mol. The highest BCUT2D eigenvalue weighted by molar-refractivity contribution is 7.09. The van der Waals surface area contributed by atoms with Gasteiger partial charge in [-0.1, -0.05) is 6.07 Å². The van der Waals surface area contributed by atoms with Crippen molar-refractivity contribution in [2.75, 3.05) is 6.61 Å². The van der Waals surface area contributed by atoms with Gasteiger partial charge in [0.1, 0.15) is 11.6 Å². The predicted octanol–water partition coefficient (Wildman–Crippen LogP) is 2.93. The van der Waals surface area contributed by atoms with Gasteiger partial charge in [-0.25, -0.2) is 4.98 Å². The van der Waals surface area contributed by atoms with Crippen LogP contribution in [-0.4, -0.2) is 17.9 Å². The van der Waals surface area contributed by atoms with Crippen LogP contribution in [0.4, 0.5) is 0 Å². The Morgan fingerprint density at radius 3 is 2.94 bits per heavy atom. The van der Waals surface area contributed by atoms with Gasteiger partial charge >= 0.3 is 0 Å². The van der Waals surface area contributed by atoms with E-state index in [9.17, 15) is 4.79 Å². The molecule has 2 aromatic rings. The fourth-order valence-corrected chi connectivity index (χ4v) is 2.03. The molecule has 0 amide bonds. The molecule has 4 nitrogen and oxygen atoms in total. The van der Waals surface area contributed by atoms with Crippen molar-refractivity contribution in [3.8, 4) is 11.5 Å². The first-order valence-corrected chi connectivity index (χ1v) is 6.45. The topological polar surface area (TPSA) is 48.4 Å². The van der Waals surface area contributed by atoms with Gasteiger partial charge in [0.05, 0.1) is 12.2 Å². The van der Waals surface area contributed by atoms with Crippen molar-refractivity contribution in [3.05, 3.63) is 40.3 Å². The molecule has 0 spiro atoms. The summed E-state index contributed by atoms with van der Waals surface area (Å²) in [6.07, 6.45) is 2.48. The highest BCUT2D eigenvalue weighted by Gasteiger charge is 2.11. The van der Waals surface area contributed by atoms with E-state index in [4.69, 9.17) is 9.47 Å². The lowest BCUT2D eigenvalue weighted by molar-refractivity contribution is 0.111. The number of hydrogen-bond donors (Lipinski definition) is 0. The van der Waals surface area contributed by atoms with E-state index in [1.807, 2.05) is 12.3 Å². The summed E-state index contributed by atoms with van der Waals surface area (Å²) in [6, 6.07) is 5.26. The maximum atomic E-state index is 11.0. The molecule has 5 heteroatoms. The molecule has 0 N–H and O–H groups in total. The van der Waals surface area contributed by atoms with Crippen LogP contribution in [0.15, 0.2) is 29.8 Å². The normalized spacial score (nSPS) is 10.1. The minimum absolute atomic E-state index is 0.336. The molecule has 0 fully saturated rings. The third-order valence-electron chi connectivity index (χ3n) is 2.26. The lowest BCUT2D eigenvalue weighted by Gasteiger charge is -2.12. The number of hydrogen-bond acceptors (Lipinski definition) is 5. The standard InChI is InChI=1S/C13H13NO3S/c1-2-16-11-5-3-4-10(8-15)13(11)17-9-12-14-6-7-18-12/h3-8H,2,9H2,1H3. The van der Waals surface area contributed by atoms with Gasteiger partial charge in [0.25, 0.3) is 0 Å². The summed E-state index contributed by atoms with van der Waals surface area (Å²) in [5.41, 5.74) is 0.484. The Hall–Kier alpha value is -1.88. The first-order chi connectivity index (χ1) is 8.85. The molecule has 0 saturated heterocycles. The lowest BCUT2D eigenvalue weighted by Crippen LogP contribution is -2.02. The first kappa shape index (κ1) is 12.6. The maximum absolute atomic E-state index is 11.0. The van der Waals surface area contributed by atoms with Crippen molar-refractivity contribution < 1.29 is 14.3 Å². The number of carbonyl (C=O) groups excluding carboxylic acids is 1. The second kappa shape index (κ2) is 6.16. The number of rotatable bonds is 6. The Kier molecular flexibility index (Phi) is 4.30. The van der Waals surface area contributed by atoms with E-state index in [0.717, 1.165) is 11.3 Å². The molecule has 2 rings (SSSR count). The van der Waals surface area contributed by atoms with Crippen LogP contribution in [0.3, 0.4) is 0 Å². The van der Waals surface area contributed by atoms with Crippen molar-refractivity contribution in [1.82, 2.24) is 4.98 Å². The van der Waals surface area contributed by atoms with Crippen LogP contribution in [0.2, 0.25) is 0 Å². The van der Waals surface area contributed by atoms with Gasteiger partial charge in [0.15, 0.2) is 17.8 Å². The fourth-order valence-electron chi connectivity index (χ4n) is 1.51. The second-order valence-corrected chi connectivity index (χ2v) is 4.42. The summed E-state index contributed by atoms with van der Waals surface area (Å²) in [7, 11) is 0. The molecule has 94 valence electrons. The van der Waals surface area contributed by atoms with Crippen LogP contribution in [0.25, 0.3) is 0 Å². The molecule has 1 aromatic carbocycles. The largest absolute Gasteiger partial charge is 0.490 e. The molecule has 0 aliphatic rings. The third-order valence-corrected chi connectivity index (χ3v) is 3.01. The second-order valence-electron chi connectivity index (χ2n) is 3.44. The zero-order valence-corrected chi connectivity index (χ0v) is 10.8. The molecule has 0 atom stereocenters. The summed E-state index contributed by atoms with van der Waals surface area (Å²) >= 11 is 1.51. The smallest absolute Gasteiger partial charge is 0.172 e. The number of para-hydroxylation sites is 1. The molecule has 1 aromatic heterocycles. The van der Waals surface area contributed by atoms with Gasteiger partial charge in [-0.3, -0.25) is 4.79 Å². The summed E-state index contributed by atoms with van der Waals surface area (Å²) in [5, 5.41) is 2.74. The van der Waals surface area contributed by atoms with Crippen LogP contribution in [0, 0.1) is 0 Å². The zero-order chi connectivity index (χ0) is 12.8. The Morgan fingerprint density at radius 2 is 2.28 bits per heavy atom. The van der Waals surface area contributed by atoms with Crippen molar-refractivity contribution in [3.63, 3.8) is 0 Å². The summed E-state index contributed by atoms with van der Waals surface area (Å²) in [5.74, 6) is 1.06. The van der Waals surface area contributed by atoms with E-state index in [2.05, 4.69) is 4.98 Å². The van der Waals surface area contributed by atoms with Gasteiger partial charge in [-0.15, -0.1) is 11.3 Å². The number of benzene rings is 1. The summed E-state index contributed by atoms with van der Waals surface area (Å²) in [6.45, 7) is 2.75. The molecule has 0 bridgehead atoms. The fraction of sp³-hybridized carbons (Fsp3) is 0.231. The number of ether oxygens (including phenoxy) is 2. The number of nitrogens with zero attached hydrogens (tertiary/aromatic N) is 1. The summed E-state index contributed by atoms with van der Waals surface area (Å²) < 4.78 is 11.1. The van der Waals surface area contributed by atoms with E-state index in [1.54, 1.807) is 24.4 Å². The minimum Gasteiger partial charge on any atom is -0.490 e. The van der Waals surface area contributed by atoms with E-state index >= 15 is 0 Å². The molecule has 0 aliphatic carbocycles. The number of aldehydes is 1.